The Labute approximate surface area is 574 Å². The minimum absolute atomic E-state index is 0.0530. The Hall–Kier alpha value is -7.86. The number of nitrogens with two attached hydrogens (primary N) is 1. The molecule has 1 aliphatic carbocycles. The standard InChI is InChI=1S/C68H102N12O15S2/c1-16-42(8)56(51(93-13)36-52(81)80-35-21-23-50(80)57(94-14)44(10)59(82)71-43(9)37-68(90)32-18-17-19-33-68)78(11)64(87)54(40(4)5)75-63(86)55(41(6)7)79(12)67(89)95-38-45-24-30-48(31-25-45)72-61(84)49(22-20-34-70-65(69)88)73-62(85)53(39(2)3)74-60(83)47-28-26-46(27-29-47)58-76-66(96-77-58)97(15,91)92/h17-19,24-32,39-44,49-51,53-57,90H,16,20-23,33-38H2,1-15H3,(H,71,82)(H,72,84)(H,73,85)(H,74,83)(H,75,86)(H3,69,70,88)/t42-,43+,44+,49-,50-,51+,53-,54-,55-,56-,57+,68-/m0/s1. The number of nitrogens with zero attached hydrogens (tertiary/aromatic N) is 5. The van der Waals surface area contributed by atoms with Crippen LogP contribution in [0, 0.1) is 29.6 Å². The number of likely N-dealkylation sites (N-methyl/N-ethyl adjacent to an activating group) is 2. The number of allylic oxidation sites excluding steroid dienone is 2. The van der Waals surface area contributed by atoms with Crippen LogP contribution in [-0.4, -0.2) is 199 Å². The van der Waals surface area contributed by atoms with Gasteiger partial charge in [0.15, 0.2) is 5.82 Å². The van der Waals surface area contributed by atoms with Gasteiger partial charge in [0.1, 0.15) is 30.8 Å². The number of hydrogen-bond acceptors (Lipinski definition) is 18. The molecule has 0 unspecified atom stereocenters. The number of amides is 10. The number of nitrogens with one attached hydrogen (secondary N) is 6. The third kappa shape index (κ3) is 22.6. The summed E-state index contributed by atoms with van der Waals surface area (Å²) < 4.78 is 45.6. The quantitative estimate of drug-likeness (QED) is 0.0326. The number of carbonyl (C=O) groups excluding carboxylic acids is 9. The number of sulfone groups is 1. The SMILES string of the molecule is CC[C@H](C)[C@@H]([C@@H](CC(=O)N1CCC[C@H]1[C@H](OC)[C@@H](C)C(=O)N[C@H](C)C[C@]1(O)C=CC=CC1)OC)N(C)C(=O)[C@@H](NC(=O)[C@H](C(C)C)N(C)C(=O)OCc1ccc(NC(=O)[C@H](CCCNC(N)=O)NC(=O)[C@@H](NC(=O)c2ccc(-c3nsc(S(C)(=O)=O)n3)cc2)C(C)C)cc1)C(C)C. The maximum Gasteiger partial charge on any atom is 0.410 e. The maximum absolute atomic E-state index is 14.8. The van der Waals surface area contributed by atoms with E-state index in [1.165, 1.54) is 38.3 Å². The predicted octanol–water partition coefficient (Wildman–Crippen LogP) is 5.73. The molecule has 1 aliphatic heterocycles. The van der Waals surface area contributed by atoms with Crippen LogP contribution in [0.15, 0.2) is 77.2 Å². The van der Waals surface area contributed by atoms with Gasteiger partial charge < -0.3 is 66.8 Å². The average Bonchev–Trinajstić information content (AvgIpc) is 1.81. The van der Waals surface area contributed by atoms with Crippen LogP contribution in [0.5, 0.6) is 0 Å². The summed E-state index contributed by atoms with van der Waals surface area (Å²) in [5.41, 5.74) is 5.67. The van der Waals surface area contributed by atoms with Crippen LogP contribution < -0.4 is 37.6 Å². The molecule has 10 amide bonds. The summed E-state index contributed by atoms with van der Waals surface area (Å²) in [6.07, 6.45) is 8.93. The zero-order valence-corrected chi connectivity index (χ0v) is 60.2. The summed E-state index contributed by atoms with van der Waals surface area (Å²) in [7, 11) is 2.53. The molecule has 97 heavy (non-hydrogen) atoms. The lowest BCUT2D eigenvalue weighted by atomic mass is 9.88. The third-order valence-electron chi connectivity index (χ3n) is 17.8. The number of anilines is 1. The lowest BCUT2D eigenvalue weighted by Crippen LogP contribution is -2.60. The highest BCUT2D eigenvalue weighted by molar-refractivity contribution is 7.92. The molecule has 5 rings (SSSR count). The van der Waals surface area contributed by atoms with Crippen LogP contribution in [0.4, 0.5) is 15.3 Å². The van der Waals surface area contributed by atoms with Crippen LogP contribution in [0.2, 0.25) is 0 Å². The van der Waals surface area contributed by atoms with Crippen LogP contribution >= 0.6 is 11.5 Å². The van der Waals surface area contributed by atoms with Crippen molar-refractivity contribution < 1.29 is 70.9 Å². The highest BCUT2D eigenvalue weighted by atomic mass is 32.2. The Morgan fingerprint density at radius 3 is 2.02 bits per heavy atom. The van der Waals surface area contributed by atoms with Crippen molar-refractivity contribution >= 4 is 80.5 Å². The van der Waals surface area contributed by atoms with Gasteiger partial charge in [-0.05, 0) is 110 Å². The van der Waals surface area contributed by atoms with E-state index in [0.717, 1.165) is 17.8 Å². The number of urea groups is 1. The molecule has 1 saturated heterocycles. The number of rotatable bonds is 35. The molecule has 0 bridgehead atoms. The van der Waals surface area contributed by atoms with E-state index in [0.29, 0.717) is 55.5 Å². The number of aromatic nitrogens is 2. The van der Waals surface area contributed by atoms with Crippen molar-refractivity contribution in [3.05, 3.63) is 84.0 Å². The minimum atomic E-state index is -3.57. The van der Waals surface area contributed by atoms with Gasteiger partial charge in [0.05, 0.1) is 42.2 Å². The Balaban J connectivity index is 1.19. The molecule has 1 fully saturated rings. The second kappa shape index (κ2) is 36.6. The van der Waals surface area contributed by atoms with Crippen molar-refractivity contribution in [2.75, 3.05) is 53.0 Å². The first-order valence-electron chi connectivity index (χ1n) is 33.0. The van der Waals surface area contributed by atoms with E-state index in [4.69, 9.17) is 19.9 Å². The van der Waals surface area contributed by atoms with Crippen LogP contribution in [0.25, 0.3) is 11.4 Å². The van der Waals surface area contributed by atoms with Gasteiger partial charge in [0.2, 0.25) is 49.6 Å². The minimum Gasteiger partial charge on any atom is -0.445 e. The van der Waals surface area contributed by atoms with E-state index in [9.17, 15) is 56.7 Å². The van der Waals surface area contributed by atoms with E-state index < -0.39 is 129 Å². The van der Waals surface area contributed by atoms with Gasteiger partial charge in [-0.25, -0.2) is 23.0 Å². The Morgan fingerprint density at radius 2 is 1.46 bits per heavy atom. The number of benzene rings is 2. The number of likely N-dealkylation sites (tertiary alicyclic amines) is 1. The highest BCUT2D eigenvalue weighted by Crippen LogP contribution is 2.31. The Kier molecular flexibility index (Phi) is 30.2. The molecule has 9 N–H and O–H groups in total. The summed E-state index contributed by atoms with van der Waals surface area (Å²) >= 11 is 0.732. The third-order valence-corrected chi connectivity index (χ3v) is 20.2. The Bertz CT molecular complexity index is 3360. The van der Waals surface area contributed by atoms with Crippen LogP contribution in [0.1, 0.15) is 137 Å². The number of carbonyl (C=O) groups is 9. The van der Waals surface area contributed by atoms with Gasteiger partial charge >= 0.3 is 12.1 Å². The summed E-state index contributed by atoms with van der Waals surface area (Å²) in [6, 6.07) is 5.82. The summed E-state index contributed by atoms with van der Waals surface area (Å²) in [4.78, 5) is 133. The van der Waals surface area contributed by atoms with E-state index >= 15 is 0 Å². The Morgan fingerprint density at radius 1 is 0.804 bits per heavy atom. The number of aliphatic hydroxyl groups is 1. The van der Waals surface area contributed by atoms with Crippen LogP contribution in [-0.2, 0) is 59.4 Å². The molecular formula is C68H102N12O15S2. The highest BCUT2D eigenvalue weighted by Gasteiger charge is 2.44. The average molecular weight is 1390 g/mol. The van der Waals surface area contributed by atoms with Crippen molar-refractivity contribution in [3.63, 3.8) is 0 Å². The zero-order valence-electron chi connectivity index (χ0n) is 58.6. The molecular weight excluding hydrogens is 1290 g/mol. The predicted molar refractivity (Wildman–Crippen MR) is 368 cm³/mol. The number of primary amides is 1. The second-order valence-electron chi connectivity index (χ2n) is 26.5. The molecule has 0 radical (unpaired) electrons. The van der Waals surface area contributed by atoms with Gasteiger partial charge in [-0.1, -0.05) is 117 Å². The molecule has 27 nitrogen and oxygen atoms in total. The lowest BCUT2D eigenvalue weighted by Gasteiger charge is -2.41. The lowest BCUT2D eigenvalue weighted by molar-refractivity contribution is -0.148. The van der Waals surface area contributed by atoms with Crippen molar-refractivity contribution in [2.45, 2.75) is 192 Å². The molecule has 2 heterocycles. The molecule has 29 heteroatoms. The normalized spacial score (nSPS) is 18.5. The first kappa shape index (κ1) is 79.8. The topological polar surface area (TPSA) is 369 Å². The number of ether oxygens (including phenoxy) is 3. The van der Waals surface area contributed by atoms with E-state index in [-0.39, 0.29) is 71.9 Å². The zero-order chi connectivity index (χ0) is 72.2. The van der Waals surface area contributed by atoms with Gasteiger partial charge in [-0.2, -0.15) is 4.37 Å². The molecule has 2 aromatic carbocycles. The van der Waals surface area contributed by atoms with Crippen molar-refractivity contribution in [1.29, 1.82) is 0 Å². The molecule has 536 valence electrons. The summed E-state index contributed by atoms with van der Waals surface area (Å²) in [5, 5.41) is 27.7. The number of hydrogen-bond donors (Lipinski definition) is 8. The van der Waals surface area contributed by atoms with Crippen LogP contribution in [0.3, 0.4) is 0 Å². The van der Waals surface area contributed by atoms with Gasteiger partial charge in [-0.3, -0.25) is 38.5 Å². The molecule has 1 aromatic heterocycles. The molecule has 0 saturated carbocycles. The van der Waals surface area contributed by atoms with E-state index in [2.05, 4.69) is 41.3 Å². The largest absolute Gasteiger partial charge is 0.445 e. The van der Waals surface area contributed by atoms with E-state index in [1.54, 1.807) is 114 Å². The fraction of sp³-hybridized carbons (Fsp3) is 0.603. The molecule has 0 spiro atoms. The first-order valence-corrected chi connectivity index (χ1v) is 35.7. The molecule has 2 aliphatic rings. The maximum atomic E-state index is 14.8. The fourth-order valence-corrected chi connectivity index (χ4v) is 13.6. The molecule has 12 atom stereocenters. The van der Waals surface area contributed by atoms with E-state index in [1.807, 2.05) is 32.9 Å². The number of methoxy groups -OCH3 is 2. The monoisotopic (exact) mass is 1390 g/mol. The van der Waals surface area contributed by atoms with Gasteiger partial charge in [0.25, 0.3) is 5.91 Å². The van der Waals surface area contributed by atoms with Crippen molar-refractivity contribution in [3.8, 4) is 11.4 Å². The van der Waals surface area contributed by atoms with Gasteiger partial charge in [-0.15, -0.1) is 0 Å². The summed E-state index contributed by atoms with van der Waals surface area (Å²) in [5.74, 6) is -5.35. The summed E-state index contributed by atoms with van der Waals surface area (Å²) in [6.45, 7) is 18.4. The smallest absolute Gasteiger partial charge is 0.410 e. The van der Waals surface area contributed by atoms with Gasteiger partial charge in [0, 0.05) is 70.5 Å². The first-order chi connectivity index (χ1) is 45.6. The second-order valence-corrected chi connectivity index (χ2v) is 29.4. The fourth-order valence-electron chi connectivity index (χ4n) is 12.3. The van der Waals surface area contributed by atoms with Crippen molar-refractivity contribution in [2.24, 2.45) is 35.3 Å². The molecule has 3 aromatic rings. The van der Waals surface area contributed by atoms with Crippen molar-refractivity contribution in [1.82, 2.24) is 50.6 Å².